The van der Waals surface area contributed by atoms with E-state index in [0.717, 1.165) is 24.0 Å². The maximum Gasteiger partial charge on any atom is 0.220 e. The fraction of sp³-hybridized carbons (Fsp3) is 0.533. The molecule has 3 N–H and O–H groups in total. The van der Waals surface area contributed by atoms with Crippen LogP contribution in [0.3, 0.4) is 0 Å². The molecule has 0 heterocycles. The average Bonchev–Trinajstić information content (AvgIpc) is 2.38. The molecule has 1 aromatic carbocycles. The lowest BCUT2D eigenvalue weighted by Crippen LogP contribution is -2.26. The second-order valence-corrected chi connectivity index (χ2v) is 5.05. The molecule has 1 amide bonds. The lowest BCUT2D eigenvalue weighted by Gasteiger charge is -2.09. The summed E-state index contributed by atoms with van der Waals surface area (Å²) in [5, 5.41) is 2.88. The number of carbonyl (C=O) groups excluding carboxylic acids is 1. The van der Waals surface area contributed by atoms with Gasteiger partial charge >= 0.3 is 0 Å². The van der Waals surface area contributed by atoms with Crippen LogP contribution in [0.2, 0.25) is 0 Å². The molecule has 0 saturated heterocycles. The predicted molar refractivity (Wildman–Crippen MR) is 75.3 cm³/mol. The smallest absolute Gasteiger partial charge is 0.220 e. The molecule has 0 aliphatic carbocycles. The van der Waals surface area contributed by atoms with E-state index in [2.05, 4.69) is 5.32 Å². The Labute approximate surface area is 114 Å². The summed E-state index contributed by atoms with van der Waals surface area (Å²) in [4.78, 5) is 11.6. The number of hydrogen-bond donors (Lipinski definition) is 2. The van der Waals surface area contributed by atoms with E-state index < -0.39 is 0 Å². The molecule has 4 heteroatoms. The van der Waals surface area contributed by atoms with Gasteiger partial charge in [0, 0.05) is 13.0 Å². The fourth-order valence-electron chi connectivity index (χ4n) is 1.86. The first-order valence-corrected chi connectivity index (χ1v) is 6.74. The monoisotopic (exact) mass is 266 g/mol. The highest BCUT2D eigenvalue weighted by atomic mass is 19.1. The summed E-state index contributed by atoms with van der Waals surface area (Å²) in [6, 6.07) is 4.74. The lowest BCUT2D eigenvalue weighted by molar-refractivity contribution is -0.121. The van der Waals surface area contributed by atoms with Crippen molar-refractivity contribution in [3.8, 4) is 0 Å². The first-order chi connectivity index (χ1) is 9.02. The number of hydrogen-bond acceptors (Lipinski definition) is 2. The molecule has 0 bridgehead atoms. The Bertz CT molecular complexity index is 421. The summed E-state index contributed by atoms with van der Waals surface area (Å²) >= 11 is 0. The summed E-state index contributed by atoms with van der Waals surface area (Å²) in [6.07, 6.45) is 2.06. The van der Waals surface area contributed by atoms with Crippen LogP contribution in [-0.2, 0) is 11.2 Å². The van der Waals surface area contributed by atoms with Crippen LogP contribution in [0.25, 0.3) is 0 Å². The van der Waals surface area contributed by atoms with Crippen LogP contribution in [-0.4, -0.2) is 19.0 Å². The molecule has 0 aliphatic heterocycles. The summed E-state index contributed by atoms with van der Waals surface area (Å²) in [5.41, 5.74) is 7.49. The Morgan fingerprint density at radius 3 is 2.84 bits per heavy atom. The number of halogens is 1. The van der Waals surface area contributed by atoms with Crippen molar-refractivity contribution in [3.05, 3.63) is 35.1 Å². The van der Waals surface area contributed by atoms with E-state index in [1.54, 1.807) is 6.07 Å². The minimum Gasteiger partial charge on any atom is -0.356 e. The molecular weight excluding hydrogens is 243 g/mol. The van der Waals surface area contributed by atoms with Crippen molar-refractivity contribution in [1.29, 1.82) is 0 Å². The molecule has 1 aromatic rings. The van der Waals surface area contributed by atoms with Crippen molar-refractivity contribution < 1.29 is 9.18 Å². The third kappa shape index (κ3) is 5.83. The van der Waals surface area contributed by atoms with Crippen LogP contribution >= 0.6 is 0 Å². The van der Waals surface area contributed by atoms with Crippen molar-refractivity contribution in [2.75, 3.05) is 13.1 Å². The Hall–Kier alpha value is -1.42. The molecule has 0 radical (unpaired) electrons. The van der Waals surface area contributed by atoms with E-state index in [9.17, 15) is 9.18 Å². The second kappa shape index (κ2) is 7.89. The van der Waals surface area contributed by atoms with Crippen LogP contribution in [0.1, 0.15) is 30.9 Å². The van der Waals surface area contributed by atoms with Gasteiger partial charge in [-0.3, -0.25) is 4.79 Å². The van der Waals surface area contributed by atoms with Crippen LogP contribution in [0.15, 0.2) is 18.2 Å². The summed E-state index contributed by atoms with van der Waals surface area (Å²) in [7, 11) is 0. The van der Waals surface area contributed by atoms with Crippen LogP contribution in [0.5, 0.6) is 0 Å². The highest BCUT2D eigenvalue weighted by Gasteiger charge is 2.05. The molecule has 19 heavy (non-hydrogen) atoms. The van der Waals surface area contributed by atoms with Crippen molar-refractivity contribution in [1.82, 2.24) is 5.32 Å². The van der Waals surface area contributed by atoms with Gasteiger partial charge in [0.2, 0.25) is 5.91 Å². The first kappa shape index (κ1) is 15.6. The van der Waals surface area contributed by atoms with Gasteiger partial charge in [-0.25, -0.2) is 4.39 Å². The zero-order valence-corrected chi connectivity index (χ0v) is 11.7. The third-order valence-electron chi connectivity index (χ3n) is 3.29. The second-order valence-electron chi connectivity index (χ2n) is 5.05. The number of aryl methyl sites for hydroxylation is 1. The number of benzene rings is 1. The zero-order valence-electron chi connectivity index (χ0n) is 11.7. The molecular formula is C15H23FN2O. The first-order valence-electron chi connectivity index (χ1n) is 6.74. The van der Waals surface area contributed by atoms with E-state index in [1.165, 1.54) is 12.1 Å². The molecule has 1 unspecified atom stereocenters. The highest BCUT2D eigenvalue weighted by molar-refractivity contribution is 5.75. The molecule has 0 fully saturated rings. The van der Waals surface area contributed by atoms with Gasteiger partial charge in [0.25, 0.3) is 0 Å². The van der Waals surface area contributed by atoms with Gasteiger partial charge in [0.15, 0.2) is 0 Å². The number of nitrogens with one attached hydrogen (secondary N) is 1. The summed E-state index contributed by atoms with van der Waals surface area (Å²) in [5.74, 6) is 0.214. The van der Waals surface area contributed by atoms with Gasteiger partial charge in [0.05, 0.1) is 0 Å². The topological polar surface area (TPSA) is 55.1 Å². The van der Waals surface area contributed by atoms with Crippen molar-refractivity contribution in [2.24, 2.45) is 11.7 Å². The van der Waals surface area contributed by atoms with Crippen LogP contribution < -0.4 is 11.1 Å². The quantitative estimate of drug-likeness (QED) is 0.794. The maximum atomic E-state index is 12.9. The zero-order chi connectivity index (χ0) is 14.3. The van der Waals surface area contributed by atoms with Crippen LogP contribution in [0, 0.1) is 18.7 Å². The third-order valence-corrected chi connectivity index (χ3v) is 3.29. The molecule has 3 nitrogen and oxygen atoms in total. The molecule has 0 aliphatic rings. The molecule has 0 aromatic heterocycles. The molecule has 106 valence electrons. The summed E-state index contributed by atoms with van der Waals surface area (Å²) < 4.78 is 12.9. The number of rotatable bonds is 7. The number of nitrogens with two attached hydrogens (primary N) is 1. The molecule has 1 atom stereocenters. The van der Waals surface area contributed by atoms with Gasteiger partial charge in [-0.2, -0.15) is 0 Å². The van der Waals surface area contributed by atoms with Gasteiger partial charge in [-0.05, 0) is 55.5 Å². The molecule has 0 spiro atoms. The fourth-order valence-corrected chi connectivity index (χ4v) is 1.86. The average molecular weight is 266 g/mol. The normalized spacial score (nSPS) is 12.2. The molecule has 1 rings (SSSR count). The SMILES string of the molecule is Cc1cc(F)ccc1CCNC(=O)CCC(C)CN. The summed E-state index contributed by atoms with van der Waals surface area (Å²) in [6.45, 7) is 5.11. The Morgan fingerprint density at radius 1 is 1.47 bits per heavy atom. The Morgan fingerprint density at radius 2 is 2.21 bits per heavy atom. The minimum absolute atomic E-state index is 0.0556. The number of amides is 1. The van der Waals surface area contributed by atoms with E-state index in [0.29, 0.717) is 25.4 Å². The minimum atomic E-state index is -0.221. The van der Waals surface area contributed by atoms with Gasteiger partial charge in [-0.15, -0.1) is 0 Å². The van der Waals surface area contributed by atoms with Crippen LogP contribution in [0.4, 0.5) is 4.39 Å². The largest absolute Gasteiger partial charge is 0.356 e. The van der Waals surface area contributed by atoms with Gasteiger partial charge < -0.3 is 11.1 Å². The number of carbonyl (C=O) groups is 1. The Kier molecular flexibility index (Phi) is 6.50. The highest BCUT2D eigenvalue weighted by Crippen LogP contribution is 2.10. The van der Waals surface area contributed by atoms with E-state index >= 15 is 0 Å². The molecule has 0 saturated carbocycles. The van der Waals surface area contributed by atoms with E-state index in [-0.39, 0.29) is 11.7 Å². The lowest BCUT2D eigenvalue weighted by atomic mass is 10.0. The van der Waals surface area contributed by atoms with E-state index in [1.807, 2.05) is 13.8 Å². The van der Waals surface area contributed by atoms with E-state index in [4.69, 9.17) is 5.73 Å². The van der Waals surface area contributed by atoms with Crippen molar-refractivity contribution >= 4 is 5.91 Å². The maximum absolute atomic E-state index is 12.9. The van der Waals surface area contributed by atoms with Gasteiger partial charge in [-0.1, -0.05) is 13.0 Å². The van der Waals surface area contributed by atoms with Crippen molar-refractivity contribution in [3.63, 3.8) is 0 Å². The Balaban J connectivity index is 2.28. The van der Waals surface area contributed by atoms with Gasteiger partial charge in [0.1, 0.15) is 5.82 Å². The predicted octanol–water partition coefficient (Wildman–Crippen LogP) is 2.17. The van der Waals surface area contributed by atoms with Crippen molar-refractivity contribution in [2.45, 2.75) is 33.1 Å². The standard InChI is InChI=1S/C15H23FN2O/c1-11(10-17)3-6-15(19)18-8-7-13-4-5-14(16)9-12(13)2/h4-5,9,11H,3,6-8,10,17H2,1-2H3,(H,18,19).